The quantitative estimate of drug-likeness (QED) is 0.243. The molecule has 324 valence electrons. The number of carbonyl (C=O) groups is 4. The van der Waals surface area contributed by atoms with Crippen molar-refractivity contribution in [3.05, 3.63) is 36.0 Å². The summed E-state index contributed by atoms with van der Waals surface area (Å²) >= 11 is 0. The Morgan fingerprint density at radius 3 is 2.37 bits per heavy atom. The Bertz CT molecular complexity index is 2150. The molecule has 22 heteroatoms. The number of alkyl carbamates (subject to hydrolysis) is 1. The van der Waals surface area contributed by atoms with Crippen LogP contribution in [-0.2, 0) is 35.3 Å². The number of rotatable bonds is 8. The molecule has 59 heavy (non-hydrogen) atoms. The van der Waals surface area contributed by atoms with Gasteiger partial charge in [0, 0.05) is 18.4 Å². The van der Waals surface area contributed by atoms with E-state index in [1.165, 1.54) is 32.2 Å². The molecule has 1 saturated heterocycles. The van der Waals surface area contributed by atoms with E-state index in [4.69, 9.17) is 9.47 Å². The molecule has 2 aliphatic carbocycles. The fourth-order valence-electron chi connectivity index (χ4n) is 6.98. The Hall–Kier alpha value is -4.89. The van der Waals surface area contributed by atoms with Crippen LogP contribution in [0, 0.1) is 5.92 Å². The first kappa shape index (κ1) is 43.7. The maximum Gasteiger partial charge on any atom is 0.438 e. The van der Waals surface area contributed by atoms with Crippen molar-refractivity contribution in [3.8, 4) is 11.6 Å². The van der Waals surface area contributed by atoms with Crippen LogP contribution in [0.3, 0.4) is 0 Å². The summed E-state index contributed by atoms with van der Waals surface area (Å²) < 4.78 is 127. The number of hydrogen-bond donors (Lipinski definition) is 3. The lowest BCUT2D eigenvalue weighted by atomic mass is 10.0. The highest BCUT2D eigenvalue weighted by Gasteiger charge is 2.63. The van der Waals surface area contributed by atoms with Gasteiger partial charge in [-0.3, -0.25) is 19.1 Å². The molecule has 1 aromatic carbocycles. The van der Waals surface area contributed by atoms with Gasteiger partial charge in [-0.1, -0.05) is 25.0 Å². The molecule has 4 amide bonds. The minimum absolute atomic E-state index is 0.0178. The van der Waals surface area contributed by atoms with Crippen LogP contribution in [0.4, 0.5) is 31.1 Å². The number of allylic oxidation sites excluding steroid dienone is 1. The van der Waals surface area contributed by atoms with Crippen LogP contribution in [0.5, 0.6) is 11.6 Å². The molecular weight excluding hydrogens is 818 g/mol. The molecule has 3 heterocycles. The number of aromatic nitrogens is 2. The number of methoxy groups -OCH3 is 1. The first-order chi connectivity index (χ1) is 27.4. The van der Waals surface area contributed by atoms with Gasteiger partial charge < -0.3 is 29.7 Å². The minimum Gasteiger partial charge on any atom is -0.497 e. The molecule has 5 atom stereocenters. The molecule has 0 spiro atoms. The molecule has 3 N–H and O–H groups in total. The predicted molar refractivity (Wildman–Crippen MR) is 195 cm³/mol. The van der Waals surface area contributed by atoms with Gasteiger partial charge >= 0.3 is 18.4 Å². The van der Waals surface area contributed by atoms with Gasteiger partial charge in [-0.15, -0.1) is 0 Å². The van der Waals surface area contributed by atoms with Gasteiger partial charge in [0.2, 0.25) is 39.0 Å². The summed E-state index contributed by atoms with van der Waals surface area (Å²) in [5, 5.41) is 4.79. The van der Waals surface area contributed by atoms with Crippen molar-refractivity contribution < 1.29 is 68.1 Å². The van der Waals surface area contributed by atoms with Crippen LogP contribution in [0.25, 0.3) is 11.0 Å². The van der Waals surface area contributed by atoms with E-state index >= 15 is 0 Å². The largest absolute Gasteiger partial charge is 0.497 e. The van der Waals surface area contributed by atoms with E-state index in [1.54, 1.807) is 12.2 Å². The highest BCUT2D eigenvalue weighted by Crippen LogP contribution is 2.48. The zero-order valence-electron chi connectivity index (χ0n) is 32.5. The van der Waals surface area contributed by atoms with Crippen molar-refractivity contribution >= 4 is 44.9 Å². The van der Waals surface area contributed by atoms with Gasteiger partial charge in [0.1, 0.15) is 29.5 Å². The van der Waals surface area contributed by atoms with Gasteiger partial charge in [-0.05, 0) is 71.4 Å². The minimum atomic E-state index is -5.10. The molecule has 2 aromatic rings. The monoisotopic (exact) mass is 862 g/mol. The van der Waals surface area contributed by atoms with Crippen molar-refractivity contribution in [2.75, 3.05) is 13.7 Å². The molecule has 4 aliphatic rings. The predicted octanol–water partition coefficient (Wildman–Crippen LogP) is 4.83. The molecule has 3 fully saturated rings. The number of hydrogen-bond acceptors (Lipinski definition) is 11. The maximum atomic E-state index is 14.4. The van der Waals surface area contributed by atoms with Crippen LogP contribution >= 0.6 is 0 Å². The SMILES string of the molecule is COc1ccc2nc(O[C@@H]3C[C@H]4C(=O)N[C@]5(C(=O)NS(=O)(=O)C6(C)CC6)C[C@H]5/C=C/CCCCC[C@H](NC(=O)OC(C)(C)C(F)(F)F)C(=O)N4C3)c(C(F)(F)F)nc2c1. The van der Waals surface area contributed by atoms with E-state index in [0.29, 0.717) is 46.0 Å². The molecule has 15 nitrogen and oxygen atoms in total. The van der Waals surface area contributed by atoms with Gasteiger partial charge in [0.15, 0.2) is 0 Å². The molecule has 2 aliphatic heterocycles. The van der Waals surface area contributed by atoms with Crippen LogP contribution in [0.1, 0.15) is 84.3 Å². The lowest BCUT2D eigenvalue weighted by Gasteiger charge is -2.31. The smallest absolute Gasteiger partial charge is 0.438 e. The topological polar surface area (TPSA) is 195 Å². The number of carbonyl (C=O) groups excluding carboxylic acids is 4. The molecule has 0 unspecified atom stereocenters. The first-order valence-corrected chi connectivity index (χ1v) is 20.4. The average Bonchev–Trinajstić information content (AvgIpc) is 4.02. The van der Waals surface area contributed by atoms with E-state index in [9.17, 15) is 53.9 Å². The van der Waals surface area contributed by atoms with Crippen LogP contribution < -0.4 is 24.8 Å². The van der Waals surface area contributed by atoms with E-state index in [-0.39, 0.29) is 36.0 Å². The van der Waals surface area contributed by atoms with Crippen LogP contribution in [0.15, 0.2) is 30.4 Å². The van der Waals surface area contributed by atoms with Gasteiger partial charge in [0.25, 0.3) is 5.91 Å². The maximum absolute atomic E-state index is 14.4. The Morgan fingerprint density at radius 1 is 1.02 bits per heavy atom. The molecular formula is C37H44F6N6O9S. The third-order valence-electron chi connectivity index (χ3n) is 11.2. The second kappa shape index (κ2) is 15.6. The fraction of sp³-hybridized carbons (Fsp3) is 0.622. The summed E-state index contributed by atoms with van der Waals surface area (Å²) in [6, 6.07) is 0.808. The Balaban J connectivity index is 1.35. The third-order valence-corrected chi connectivity index (χ3v) is 13.3. The number of nitrogens with zero attached hydrogens (tertiary/aromatic N) is 3. The normalized spacial score (nSPS) is 26.9. The summed E-state index contributed by atoms with van der Waals surface area (Å²) in [6.07, 6.45) is -7.95. The van der Waals surface area contributed by atoms with Crippen molar-refractivity contribution in [3.63, 3.8) is 0 Å². The van der Waals surface area contributed by atoms with Crippen molar-refractivity contribution in [1.82, 2.24) is 30.2 Å². The second-order valence-corrected chi connectivity index (χ2v) is 18.2. The lowest BCUT2D eigenvalue weighted by Crippen LogP contribution is -2.59. The summed E-state index contributed by atoms with van der Waals surface area (Å²) in [5.41, 5.74) is -6.48. The van der Waals surface area contributed by atoms with Gasteiger partial charge in [-0.25, -0.2) is 23.2 Å². The Kier molecular flexibility index (Phi) is 11.6. The number of halogens is 6. The zero-order chi connectivity index (χ0) is 43.3. The molecule has 0 bridgehead atoms. The van der Waals surface area contributed by atoms with Gasteiger partial charge in [-0.2, -0.15) is 26.3 Å². The fourth-order valence-corrected chi connectivity index (χ4v) is 8.29. The lowest BCUT2D eigenvalue weighted by molar-refractivity contribution is -0.244. The number of ether oxygens (including phenoxy) is 3. The highest BCUT2D eigenvalue weighted by atomic mass is 32.2. The van der Waals surface area contributed by atoms with E-state index in [2.05, 4.69) is 30.1 Å². The number of fused-ring (bicyclic) bond motifs is 3. The summed E-state index contributed by atoms with van der Waals surface area (Å²) in [5.74, 6) is -4.48. The van der Waals surface area contributed by atoms with Gasteiger partial charge in [0.05, 0.1) is 29.4 Å². The van der Waals surface area contributed by atoms with Crippen LogP contribution in [-0.4, -0.2) is 101 Å². The second-order valence-electron chi connectivity index (χ2n) is 16.0. The number of benzene rings is 1. The summed E-state index contributed by atoms with van der Waals surface area (Å²) in [6.45, 7) is 2.09. The Labute approximate surface area is 335 Å². The van der Waals surface area contributed by atoms with Crippen molar-refractivity contribution in [2.45, 2.75) is 125 Å². The molecule has 2 saturated carbocycles. The third kappa shape index (κ3) is 9.15. The van der Waals surface area contributed by atoms with E-state index in [0.717, 1.165) is 4.90 Å². The van der Waals surface area contributed by atoms with Crippen LogP contribution in [0.2, 0.25) is 0 Å². The number of alkyl halides is 6. The van der Waals surface area contributed by atoms with E-state index < -0.39 is 111 Å². The average molecular weight is 863 g/mol. The number of sulfonamides is 1. The number of amides is 4. The zero-order valence-corrected chi connectivity index (χ0v) is 33.3. The highest BCUT2D eigenvalue weighted by molar-refractivity contribution is 7.91. The Morgan fingerprint density at radius 2 is 1.73 bits per heavy atom. The molecule has 6 rings (SSSR count). The van der Waals surface area contributed by atoms with E-state index in [1.807, 2.05) is 0 Å². The van der Waals surface area contributed by atoms with Crippen molar-refractivity contribution in [2.24, 2.45) is 5.92 Å². The summed E-state index contributed by atoms with van der Waals surface area (Å²) in [4.78, 5) is 64.0. The number of nitrogens with one attached hydrogen (secondary N) is 3. The summed E-state index contributed by atoms with van der Waals surface area (Å²) in [7, 11) is -2.86. The van der Waals surface area contributed by atoms with Crippen molar-refractivity contribution in [1.29, 1.82) is 0 Å². The first-order valence-electron chi connectivity index (χ1n) is 18.9. The standard InChI is InChI=1S/C37H44F6N6O9S/c1-33(2,37(41,42)43)58-32(53)46-24-11-9-7-5-6-8-10-20-18-35(20,31(52)48-59(54,55)34(3)14-15-34)47-28(50)26-17-22(19-49(26)30(24)51)57-29-27(36(38,39)40)44-25-16-21(56-4)12-13-23(25)45-29/h8,10,12-13,16,20,22,24,26H,5-7,9,11,14-15,17-19H2,1-4H3,(H,46,53)(H,47,50)(H,48,52)/b10-8+/t20-,22-,24+,26+,35-/m1/s1. The molecule has 1 aromatic heterocycles. The molecule has 0 radical (unpaired) electrons.